The number of aryl methyl sites for hydroxylation is 1. The third-order valence-corrected chi connectivity index (χ3v) is 3.64. The van der Waals surface area contributed by atoms with Crippen molar-refractivity contribution in [3.8, 4) is 0 Å². The van der Waals surface area contributed by atoms with Gasteiger partial charge in [-0.05, 0) is 24.8 Å². The second kappa shape index (κ2) is 6.23. The van der Waals surface area contributed by atoms with Crippen LogP contribution in [0, 0.1) is 0 Å². The van der Waals surface area contributed by atoms with E-state index in [-0.39, 0.29) is 0 Å². The zero-order valence-corrected chi connectivity index (χ0v) is 9.57. The summed E-state index contributed by atoms with van der Waals surface area (Å²) in [5.41, 5.74) is 1.24. The molecule has 0 heterocycles. The highest BCUT2D eigenvalue weighted by Gasteiger charge is 2.09. The van der Waals surface area contributed by atoms with Gasteiger partial charge in [-0.3, -0.25) is 4.57 Å². The summed E-state index contributed by atoms with van der Waals surface area (Å²) in [5, 5.41) is -0.566. The van der Waals surface area contributed by atoms with Crippen LogP contribution in [0.5, 0.6) is 0 Å². The summed E-state index contributed by atoms with van der Waals surface area (Å²) < 4.78 is 10.6. The molecule has 0 radical (unpaired) electrons. The smallest absolute Gasteiger partial charge is 0.206 e. The number of rotatable bonds is 5. The van der Waals surface area contributed by atoms with Gasteiger partial charge in [-0.25, -0.2) is 0 Å². The Bertz CT molecular complexity index is 289. The molecule has 2 nitrogen and oxygen atoms in total. The zero-order chi connectivity index (χ0) is 10.4. The third kappa shape index (κ3) is 4.28. The second-order valence-electron chi connectivity index (χ2n) is 3.18. The van der Waals surface area contributed by atoms with Gasteiger partial charge in [0.15, 0.2) is 0 Å². The summed E-state index contributed by atoms with van der Waals surface area (Å²) in [7, 11) is -2.55. The molecule has 0 aliphatic carbocycles. The quantitative estimate of drug-likeness (QED) is 0.626. The molecule has 0 saturated carbocycles. The molecule has 4 heteroatoms. The number of hydrogen-bond acceptors (Lipinski definition) is 1. The lowest BCUT2D eigenvalue weighted by Crippen LogP contribution is -1.93. The Hall–Kier alpha value is -0.300. The Morgan fingerprint density at radius 1 is 1.36 bits per heavy atom. The molecule has 0 aliphatic heterocycles. The van der Waals surface area contributed by atoms with Gasteiger partial charge in [0, 0.05) is 0 Å². The van der Waals surface area contributed by atoms with Crippen molar-refractivity contribution in [2.75, 3.05) is 0 Å². The van der Waals surface area contributed by atoms with Crippen LogP contribution in [0.3, 0.4) is 0 Å². The Labute approximate surface area is 89.8 Å². The van der Waals surface area contributed by atoms with E-state index in [4.69, 9.17) is 16.5 Å². The SMILES string of the molecule is O=[PH](O)C(Cl)CCCc1ccccc1. The molecule has 2 unspecified atom stereocenters. The lowest BCUT2D eigenvalue weighted by molar-refractivity contribution is 0.496. The normalized spacial score (nSPS) is 15.0. The topological polar surface area (TPSA) is 37.3 Å². The van der Waals surface area contributed by atoms with Gasteiger partial charge >= 0.3 is 0 Å². The maximum absolute atomic E-state index is 10.6. The molecule has 0 aliphatic rings. The summed E-state index contributed by atoms with van der Waals surface area (Å²) in [6.07, 6.45) is 2.37. The molecule has 2 atom stereocenters. The molecule has 0 saturated heterocycles. The van der Waals surface area contributed by atoms with Crippen molar-refractivity contribution >= 4 is 19.6 Å². The summed E-state index contributed by atoms with van der Waals surface area (Å²) in [6.45, 7) is 0. The monoisotopic (exact) mass is 232 g/mol. The fourth-order valence-electron chi connectivity index (χ4n) is 1.25. The highest BCUT2D eigenvalue weighted by atomic mass is 35.5. The average Bonchev–Trinajstić information content (AvgIpc) is 2.19. The van der Waals surface area contributed by atoms with Gasteiger partial charge in [-0.2, -0.15) is 0 Å². The molecule has 1 rings (SSSR count). The summed E-state index contributed by atoms with van der Waals surface area (Å²) in [6, 6.07) is 10.0. The van der Waals surface area contributed by atoms with Crippen LogP contribution >= 0.6 is 19.6 Å². The van der Waals surface area contributed by atoms with Crippen molar-refractivity contribution in [2.45, 2.75) is 24.4 Å². The van der Waals surface area contributed by atoms with Gasteiger partial charge in [0.2, 0.25) is 8.03 Å². The minimum atomic E-state index is -2.55. The maximum Gasteiger partial charge on any atom is 0.206 e. The van der Waals surface area contributed by atoms with Gasteiger partial charge < -0.3 is 4.89 Å². The molecule has 14 heavy (non-hydrogen) atoms. The van der Waals surface area contributed by atoms with Gasteiger partial charge in [-0.15, -0.1) is 11.6 Å². The number of hydrogen-bond donors (Lipinski definition) is 1. The zero-order valence-electron chi connectivity index (χ0n) is 7.82. The Balaban J connectivity index is 2.26. The summed E-state index contributed by atoms with van der Waals surface area (Å²) in [5.74, 6) is 0. The second-order valence-corrected chi connectivity index (χ2v) is 5.45. The van der Waals surface area contributed by atoms with Crippen LogP contribution in [0.25, 0.3) is 0 Å². The number of alkyl halides is 1. The van der Waals surface area contributed by atoms with E-state index in [2.05, 4.69) is 0 Å². The van der Waals surface area contributed by atoms with Crippen molar-refractivity contribution in [2.24, 2.45) is 0 Å². The van der Waals surface area contributed by atoms with E-state index >= 15 is 0 Å². The molecule has 0 aromatic heterocycles. The first-order chi connectivity index (χ1) is 6.70. The van der Waals surface area contributed by atoms with E-state index < -0.39 is 13.1 Å². The maximum atomic E-state index is 10.6. The summed E-state index contributed by atoms with van der Waals surface area (Å²) in [4.78, 5) is 8.73. The highest BCUT2D eigenvalue weighted by Crippen LogP contribution is 2.30. The Kier molecular flexibility index (Phi) is 5.24. The van der Waals surface area contributed by atoms with Crippen LogP contribution in [0.2, 0.25) is 0 Å². The lowest BCUT2D eigenvalue weighted by Gasteiger charge is -2.04. The third-order valence-electron chi connectivity index (χ3n) is 2.03. The molecule has 0 spiro atoms. The van der Waals surface area contributed by atoms with E-state index in [1.807, 2.05) is 30.3 Å². The largest absolute Gasteiger partial charge is 0.345 e. The number of benzene rings is 1. The van der Waals surface area contributed by atoms with E-state index in [1.165, 1.54) is 5.56 Å². The fraction of sp³-hybridized carbons (Fsp3) is 0.400. The predicted octanol–water partition coefficient (Wildman–Crippen LogP) is 3.04. The van der Waals surface area contributed by atoms with Crippen molar-refractivity contribution in [3.63, 3.8) is 0 Å². The standard InChI is InChI=1S/C10H14ClO2P/c11-10(14(12)13)8-4-7-9-5-2-1-3-6-9/h1-3,5-6,10,14H,4,7-8H2,(H,12,13). The van der Waals surface area contributed by atoms with Crippen LogP contribution in [0.15, 0.2) is 30.3 Å². The first-order valence-corrected chi connectivity index (χ1v) is 6.48. The minimum Gasteiger partial charge on any atom is -0.345 e. The highest BCUT2D eigenvalue weighted by molar-refractivity contribution is 7.41. The predicted molar refractivity (Wildman–Crippen MR) is 60.2 cm³/mol. The Morgan fingerprint density at radius 3 is 2.57 bits per heavy atom. The van der Waals surface area contributed by atoms with E-state index in [9.17, 15) is 4.57 Å². The van der Waals surface area contributed by atoms with E-state index in [0.717, 1.165) is 12.8 Å². The molecule has 1 N–H and O–H groups in total. The molecule has 1 aromatic rings. The molecular weight excluding hydrogens is 219 g/mol. The van der Waals surface area contributed by atoms with Crippen LogP contribution in [-0.4, -0.2) is 10.0 Å². The van der Waals surface area contributed by atoms with Crippen molar-refractivity contribution in [1.82, 2.24) is 0 Å². The number of halogens is 1. The van der Waals surface area contributed by atoms with Crippen molar-refractivity contribution < 1.29 is 9.46 Å². The van der Waals surface area contributed by atoms with Gasteiger partial charge in [0.1, 0.15) is 5.12 Å². The van der Waals surface area contributed by atoms with Crippen LogP contribution < -0.4 is 0 Å². The van der Waals surface area contributed by atoms with Crippen molar-refractivity contribution in [3.05, 3.63) is 35.9 Å². The van der Waals surface area contributed by atoms with Crippen LogP contribution in [0.4, 0.5) is 0 Å². The molecule has 78 valence electrons. The van der Waals surface area contributed by atoms with Crippen LogP contribution in [-0.2, 0) is 11.0 Å². The van der Waals surface area contributed by atoms with Crippen LogP contribution in [0.1, 0.15) is 18.4 Å². The Morgan fingerprint density at radius 2 is 2.00 bits per heavy atom. The minimum absolute atomic E-state index is 0.566. The van der Waals surface area contributed by atoms with Gasteiger partial charge in [-0.1, -0.05) is 30.3 Å². The lowest BCUT2D eigenvalue weighted by atomic mass is 10.1. The van der Waals surface area contributed by atoms with Crippen molar-refractivity contribution in [1.29, 1.82) is 0 Å². The molecule has 0 amide bonds. The summed E-state index contributed by atoms with van der Waals surface area (Å²) >= 11 is 5.66. The average molecular weight is 233 g/mol. The first-order valence-electron chi connectivity index (χ1n) is 4.61. The van der Waals surface area contributed by atoms with Gasteiger partial charge in [0.05, 0.1) is 0 Å². The first kappa shape index (κ1) is 11.8. The fourth-order valence-corrected chi connectivity index (χ4v) is 1.86. The van der Waals surface area contributed by atoms with E-state index in [1.54, 1.807) is 0 Å². The molecule has 0 bridgehead atoms. The molecule has 0 fully saturated rings. The van der Waals surface area contributed by atoms with Gasteiger partial charge in [0.25, 0.3) is 0 Å². The van der Waals surface area contributed by atoms with E-state index in [0.29, 0.717) is 6.42 Å². The molecular formula is C10H14ClO2P. The molecule has 1 aromatic carbocycles.